The number of nitrogens with zero attached hydrogens (tertiary/aromatic N) is 2. The minimum Gasteiger partial charge on any atom is -0.492 e. The highest BCUT2D eigenvalue weighted by Gasteiger charge is 2.37. The molecular weight excluding hydrogens is 436 g/mol. The first kappa shape index (κ1) is 22.1. The first-order chi connectivity index (χ1) is 14.9. The topological polar surface area (TPSA) is 66.9 Å². The van der Waals surface area contributed by atoms with Crippen LogP contribution in [0.15, 0.2) is 47.4 Å². The van der Waals surface area contributed by atoms with Crippen molar-refractivity contribution in [2.45, 2.75) is 37.6 Å². The Morgan fingerprint density at radius 1 is 1.16 bits per heavy atom. The van der Waals surface area contributed by atoms with E-state index in [0.29, 0.717) is 44.1 Å². The van der Waals surface area contributed by atoms with E-state index >= 15 is 0 Å². The lowest BCUT2D eigenvalue weighted by molar-refractivity contribution is -0.137. The van der Waals surface area contributed by atoms with Crippen molar-refractivity contribution in [3.8, 4) is 5.75 Å². The molecule has 2 heterocycles. The number of fused-ring (bicyclic) bond motifs is 1. The first-order valence-electron chi connectivity index (χ1n) is 10.7. The van der Waals surface area contributed by atoms with Gasteiger partial charge in [-0.15, -0.1) is 0 Å². The van der Waals surface area contributed by atoms with E-state index < -0.39 is 10.0 Å². The standard InChI is InChI=1S/C23H27ClN2O4S/c1-2-30-21-10-9-20(24)14-22(21)31(28,29)26-12-5-8-19(16-26)23(27)25-13-11-17-6-3-4-7-18(17)15-25/h3-4,6-7,9-10,14,19H,2,5,8,11-13,15-16H2,1H3/t19-/m1/s1. The van der Waals surface area contributed by atoms with Crippen LogP contribution in [0.25, 0.3) is 0 Å². The minimum atomic E-state index is -3.83. The van der Waals surface area contributed by atoms with Crippen LogP contribution in [0.5, 0.6) is 5.75 Å². The molecule has 166 valence electrons. The highest BCUT2D eigenvalue weighted by molar-refractivity contribution is 7.89. The van der Waals surface area contributed by atoms with E-state index in [9.17, 15) is 13.2 Å². The third-order valence-electron chi connectivity index (χ3n) is 6.00. The average molecular weight is 463 g/mol. The molecule has 4 rings (SSSR count). The molecular formula is C23H27ClN2O4S. The van der Waals surface area contributed by atoms with E-state index in [1.807, 2.05) is 17.0 Å². The van der Waals surface area contributed by atoms with Gasteiger partial charge in [0.2, 0.25) is 15.9 Å². The molecule has 1 fully saturated rings. The second kappa shape index (κ2) is 9.18. The van der Waals surface area contributed by atoms with Gasteiger partial charge in [0.05, 0.1) is 12.5 Å². The Morgan fingerprint density at radius 3 is 2.71 bits per heavy atom. The Kier molecular flexibility index (Phi) is 6.55. The molecule has 0 aliphatic carbocycles. The molecule has 0 N–H and O–H groups in total. The van der Waals surface area contributed by atoms with Gasteiger partial charge in [0.1, 0.15) is 10.6 Å². The van der Waals surface area contributed by atoms with Crippen LogP contribution in [-0.4, -0.2) is 49.8 Å². The number of hydrogen-bond acceptors (Lipinski definition) is 4. The summed E-state index contributed by atoms with van der Waals surface area (Å²) in [5.74, 6) is -0.0259. The molecule has 31 heavy (non-hydrogen) atoms. The summed E-state index contributed by atoms with van der Waals surface area (Å²) < 4.78 is 33.8. The van der Waals surface area contributed by atoms with Crippen LogP contribution in [0.3, 0.4) is 0 Å². The number of carbonyl (C=O) groups is 1. The number of ether oxygens (including phenoxy) is 1. The van der Waals surface area contributed by atoms with Crippen LogP contribution >= 0.6 is 11.6 Å². The molecule has 0 bridgehead atoms. The van der Waals surface area contributed by atoms with Crippen LogP contribution < -0.4 is 4.74 Å². The fraction of sp³-hybridized carbons (Fsp3) is 0.435. The summed E-state index contributed by atoms with van der Waals surface area (Å²) in [6, 6.07) is 12.8. The van der Waals surface area contributed by atoms with E-state index in [2.05, 4.69) is 12.1 Å². The molecule has 2 aliphatic heterocycles. The van der Waals surface area contributed by atoms with Crippen LogP contribution in [0.1, 0.15) is 30.9 Å². The maximum Gasteiger partial charge on any atom is 0.246 e. The quantitative estimate of drug-likeness (QED) is 0.679. The Morgan fingerprint density at radius 2 is 1.94 bits per heavy atom. The van der Waals surface area contributed by atoms with Gasteiger partial charge in [0.15, 0.2) is 0 Å². The molecule has 2 aromatic rings. The Balaban J connectivity index is 1.52. The molecule has 2 aliphatic rings. The summed E-state index contributed by atoms with van der Waals surface area (Å²) in [5, 5.41) is 0.332. The predicted molar refractivity (Wildman–Crippen MR) is 120 cm³/mol. The van der Waals surface area contributed by atoms with Crippen molar-refractivity contribution in [3.05, 3.63) is 58.6 Å². The van der Waals surface area contributed by atoms with Gasteiger partial charge in [-0.2, -0.15) is 4.31 Å². The molecule has 0 radical (unpaired) electrons. The SMILES string of the molecule is CCOc1ccc(Cl)cc1S(=O)(=O)N1CCC[C@@H](C(=O)N2CCc3ccccc3C2)C1. The highest BCUT2D eigenvalue weighted by atomic mass is 35.5. The van der Waals surface area contributed by atoms with Gasteiger partial charge in [-0.05, 0) is 55.5 Å². The number of sulfonamides is 1. The van der Waals surface area contributed by atoms with Crippen LogP contribution in [0.4, 0.5) is 0 Å². The van der Waals surface area contributed by atoms with Gasteiger partial charge in [0, 0.05) is 31.2 Å². The summed E-state index contributed by atoms with van der Waals surface area (Å²) in [7, 11) is -3.83. The number of hydrogen-bond donors (Lipinski definition) is 0. The van der Waals surface area contributed by atoms with Crippen LogP contribution in [-0.2, 0) is 27.8 Å². The summed E-state index contributed by atoms with van der Waals surface area (Å²) in [6.07, 6.45) is 2.17. The summed E-state index contributed by atoms with van der Waals surface area (Å²) in [6.45, 7) is 3.96. The van der Waals surface area contributed by atoms with Crippen molar-refractivity contribution in [1.29, 1.82) is 0 Å². The lowest BCUT2D eigenvalue weighted by Crippen LogP contribution is -2.47. The fourth-order valence-corrected chi connectivity index (χ4v) is 6.32. The van der Waals surface area contributed by atoms with Gasteiger partial charge in [-0.1, -0.05) is 35.9 Å². The Labute approximate surface area is 188 Å². The number of halogens is 1. The van der Waals surface area contributed by atoms with E-state index in [0.717, 1.165) is 6.42 Å². The molecule has 0 aromatic heterocycles. The van der Waals surface area contributed by atoms with Gasteiger partial charge < -0.3 is 9.64 Å². The number of carbonyl (C=O) groups excluding carboxylic acids is 1. The lowest BCUT2D eigenvalue weighted by atomic mass is 9.95. The molecule has 0 saturated carbocycles. The summed E-state index contributed by atoms with van der Waals surface area (Å²) in [5.41, 5.74) is 2.45. The maximum atomic E-state index is 13.4. The zero-order chi connectivity index (χ0) is 22.0. The molecule has 1 amide bonds. The van der Waals surface area contributed by atoms with Crippen molar-refractivity contribution in [2.24, 2.45) is 5.92 Å². The summed E-state index contributed by atoms with van der Waals surface area (Å²) >= 11 is 6.08. The molecule has 0 spiro atoms. The second-order valence-electron chi connectivity index (χ2n) is 8.00. The predicted octanol–water partition coefficient (Wildman–Crippen LogP) is 3.72. The minimum absolute atomic E-state index is 0.0329. The average Bonchev–Trinajstić information content (AvgIpc) is 2.79. The molecule has 0 unspecified atom stereocenters. The smallest absolute Gasteiger partial charge is 0.246 e. The first-order valence-corrected chi connectivity index (χ1v) is 12.5. The molecule has 2 aromatic carbocycles. The van der Waals surface area contributed by atoms with E-state index in [1.54, 1.807) is 19.1 Å². The van der Waals surface area contributed by atoms with E-state index in [-0.39, 0.29) is 29.0 Å². The van der Waals surface area contributed by atoms with E-state index in [4.69, 9.17) is 16.3 Å². The highest BCUT2D eigenvalue weighted by Crippen LogP contribution is 2.33. The van der Waals surface area contributed by atoms with Gasteiger partial charge in [0.25, 0.3) is 0 Å². The maximum absolute atomic E-state index is 13.4. The lowest BCUT2D eigenvalue weighted by Gasteiger charge is -2.36. The third kappa shape index (κ3) is 4.59. The third-order valence-corrected chi connectivity index (χ3v) is 8.12. The monoisotopic (exact) mass is 462 g/mol. The largest absolute Gasteiger partial charge is 0.492 e. The molecule has 1 saturated heterocycles. The van der Waals surface area contributed by atoms with Crippen molar-refractivity contribution >= 4 is 27.5 Å². The number of rotatable bonds is 5. The van der Waals surface area contributed by atoms with Gasteiger partial charge in [-0.25, -0.2) is 8.42 Å². The number of benzene rings is 2. The second-order valence-corrected chi connectivity index (χ2v) is 10.3. The number of piperidine rings is 1. The van der Waals surface area contributed by atoms with Crippen molar-refractivity contribution < 1.29 is 17.9 Å². The zero-order valence-corrected chi connectivity index (χ0v) is 19.2. The molecule has 6 nitrogen and oxygen atoms in total. The van der Waals surface area contributed by atoms with Gasteiger partial charge in [-0.3, -0.25) is 4.79 Å². The van der Waals surface area contributed by atoms with Gasteiger partial charge >= 0.3 is 0 Å². The Hall–Kier alpha value is -2.09. The molecule has 1 atom stereocenters. The van der Waals surface area contributed by atoms with Crippen molar-refractivity contribution in [3.63, 3.8) is 0 Å². The Bertz CT molecular complexity index is 1070. The fourth-order valence-electron chi connectivity index (χ4n) is 4.40. The van der Waals surface area contributed by atoms with E-state index in [1.165, 1.54) is 21.5 Å². The van der Waals surface area contributed by atoms with Crippen molar-refractivity contribution in [2.75, 3.05) is 26.2 Å². The van der Waals surface area contributed by atoms with Crippen LogP contribution in [0.2, 0.25) is 5.02 Å². The van der Waals surface area contributed by atoms with Crippen molar-refractivity contribution in [1.82, 2.24) is 9.21 Å². The molecule has 8 heteroatoms. The summed E-state index contributed by atoms with van der Waals surface area (Å²) in [4.78, 5) is 15.2. The zero-order valence-electron chi connectivity index (χ0n) is 17.6. The normalized spacial score (nSPS) is 19.7. The number of amides is 1. The van der Waals surface area contributed by atoms with Crippen LogP contribution in [0, 0.1) is 5.92 Å².